The standard InChI is InChI=1S/C30H37NO2/c32-30(27-15-7-2-8-16-27,28-17-9-3-10-18-28)29(20-22-31-23-21-29)19-11-4-12-24-33-25-26-13-5-1-6-14-26/h1-3,5-10,13-18,31-32H,4,11-12,19-25H2. The van der Waals surface area contributed by atoms with Crippen molar-refractivity contribution in [3.8, 4) is 0 Å². The monoisotopic (exact) mass is 443 g/mol. The van der Waals surface area contributed by atoms with E-state index in [1.807, 2.05) is 42.5 Å². The molecule has 0 atom stereocenters. The Hall–Kier alpha value is -2.46. The van der Waals surface area contributed by atoms with Crippen LogP contribution in [0.3, 0.4) is 0 Å². The van der Waals surface area contributed by atoms with Gasteiger partial charge in [-0.2, -0.15) is 0 Å². The summed E-state index contributed by atoms with van der Waals surface area (Å²) in [5.41, 5.74) is 2.04. The van der Waals surface area contributed by atoms with Gasteiger partial charge >= 0.3 is 0 Å². The molecular formula is C30H37NO2. The fourth-order valence-corrected chi connectivity index (χ4v) is 5.44. The zero-order chi connectivity index (χ0) is 22.8. The predicted octanol–water partition coefficient (Wildman–Crippen LogP) is 6.07. The summed E-state index contributed by atoms with van der Waals surface area (Å²) in [6, 6.07) is 30.9. The molecule has 0 amide bonds. The SMILES string of the molecule is OC(c1ccccc1)(c1ccccc1)C1(CCCCCOCc2ccccc2)CCNCC1. The molecule has 4 rings (SSSR count). The summed E-state index contributed by atoms with van der Waals surface area (Å²) in [4.78, 5) is 0. The van der Waals surface area contributed by atoms with Crippen molar-refractivity contribution in [2.75, 3.05) is 19.7 Å². The molecule has 0 bridgehead atoms. The van der Waals surface area contributed by atoms with Gasteiger partial charge in [0.1, 0.15) is 5.60 Å². The molecule has 1 heterocycles. The molecule has 3 aromatic rings. The normalized spacial score (nSPS) is 15.9. The van der Waals surface area contributed by atoms with Gasteiger partial charge in [0, 0.05) is 12.0 Å². The molecule has 3 nitrogen and oxygen atoms in total. The summed E-state index contributed by atoms with van der Waals surface area (Å²) in [5, 5.41) is 16.1. The summed E-state index contributed by atoms with van der Waals surface area (Å²) in [7, 11) is 0. The number of aliphatic hydroxyl groups is 1. The minimum absolute atomic E-state index is 0.189. The van der Waals surface area contributed by atoms with Crippen LogP contribution in [0.1, 0.15) is 55.2 Å². The van der Waals surface area contributed by atoms with Crippen LogP contribution < -0.4 is 5.32 Å². The summed E-state index contributed by atoms with van der Waals surface area (Å²) in [5.74, 6) is 0. The second kappa shape index (κ2) is 11.6. The number of hydrogen-bond donors (Lipinski definition) is 2. The van der Waals surface area contributed by atoms with E-state index in [1.165, 1.54) is 5.56 Å². The Balaban J connectivity index is 1.44. The number of piperidine rings is 1. The Bertz CT molecular complexity index is 897. The quantitative estimate of drug-likeness (QED) is 0.354. The van der Waals surface area contributed by atoms with Crippen molar-refractivity contribution in [2.24, 2.45) is 5.41 Å². The smallest absolute Gasteiger partial charge is 0.120 e. The van der Waals surface area contributed by atoms with Crippen LogP contribution in [0.4, 0.5) is 0 Å². The molecule has 1 fully saturated rings. The second-order valence-electron chi connectivity index (χ2n) is 9.32. The van der Waals surface area contributed by atoms with E-state index in [2.05, 4.69) is 53.8 Å². The van der Waals surface area contributed by atoms with Crippen molar-refractivity contribution in [2.45, 2.75) is 50.7 Å². The lowest BCUT2D eigenvalue weighted by atomic mass is 9.58. The number of benzene rings is 3. The van der Waals surface area contributed by atoms with Crippen LogP contribution in [0.15, 0.2) is 91.0 Å². The van der Waals surface area contributed by atoms with E-state index >= 15 is 0 Å². The Kier molecular flexibility index (Phi) is 8.33. The first-order chi connectivity index (χ1) is 16.2. The lowest BCUT2D eigenvalue weighted by Gasteiger charge is -2.51. The fourth-order valence-electron chi connectivity index (χ4n) is 5.44. The Morgan fingerprint density at radius 3 is 1.85 bits per heavy atom. The fraction of sp³-hybridized carbons (Fsp3) is 0.400. The molecular weight excluding hydrogens is 406 g/mol. The van der Waals surface area contributed by atoms with Gasteiger partial charge in [-0.25, -0.2) is 0 Å². The average Bonchev–Trinajstić information content (AvgIpc) is 2.90. The van der Waals surface area contributed by atoms with Gasteiger partial charge in [-0.3, -0.25) is 0 Å². The van der Waals surface area contributed by atoms with Crippen LogP contribution >= 0.6 is 0 Å². The van der Waals surface area contributed by atoms with E-state index in [0.29, 0.717) is 6.61 Å². The zero-order valence-corrected chi connectivity index (χ0v) is 19.6. The van der Waals surface area contributed by atoms with Crippen LogP contribution in [0, 0.1) is 5.41 Å². The van der Waals surface area contributed by atoms with Crippen molar-refractivity contribution in [3.63, 3.8) is 0 Å². The van der Waals surface area contributed by atoms with Crippen LogP contribution in [-0.4, -0.2) is 24.8 Å². The molecule has 2 N–H and O–H groups in total. The molecule has 3 heteroatoms. The minimum atomic E-state index is -0.999. The first-order valence-corrected chi connectivity index (χ1v) is 12.4. The van der Waals surface area contributed by atoms with Gasteiger partial charge < -0.3 is 15.2 Å². The molecule has 1 aliphatic rings. The van der Waals surface area contributed by atoms with Crippen molar-refractivity contribution in [1.82, 2.24) is 5.32 Å². The highest BCUT2D eigenvalue weighted by molar-refractivity contribution is 5.39. The third-order valence-electron chi connectivity index (χ3n) is 7.27. The topological polar surface area (TPSA) is 41.5 Å². The van der Waals surface area contributed by atoms with Crippen LogP contribution in [0.25, 0.3) is 0 Å². The van der Waals surface area contributed by atoms with Gasteiger partial charge in [0.25, 0.3) is 0 Å². The van der Waals surface area contributed by atoms with Crippen LogP contribution in [0.5, 0.6) is 0 Å². The summed E-state index contributed by atoms with van der Waals surface area (Å²) >= 11 is 0. The third-order valence-corrected chi connectivity index (χ3v) is 7.27. The highest BCUT2D eigenvalue weighted by Gasteiger charge is 2.52. The molecule has 0 aliphatic carbocycles. The number of nitrogens with one attached hydrogen (secondary N) is 1. The molecule has 33 heavy (non-hydrogen) atoms. The highest BCUT2D eigenvalue weighted by Crippen LogP contribution is 2.53. The average molecular weight is 444 g/mol. The van der Waals surface area contributed by atoms with Gasteiger partial charge in [-0.15, -0.1) is 0 Å². The van der Waals surface area contributed by atoms with E-state index in [-0.39, 0.29) is 5.41 Å². The van der Waals surface area contributed by atoms with Crippen molar-refractivity contribution >= 4 is 0 Å². The van der Waals surface area contributed by atoms with E-state index in [9.17, 15) is 5.11 Å². The Labute approximate surface area is 198 Å². The number of unbranched alkanes of at least 4 members (excludes halogenated alkanes) is 2. The first-order valence-electron chi connectivity index (χ1n) is 12.4. The number of rotatable bonds is 11. The molecule has 0 spiro atoms. The van der Waals surface area contributed by atoms with E-state index < -0.39 is 5.60 Å². The molecule has 0 aromatic heterocycles. The molecule has 3 aromatic carbocycles. The van der Waals surface area contributed by atoms with E-state index in [1.54, 1.807) is 0 Å². The Morgan fingerprint density at radius 2 is 1.27 bits per heavy atom. The number of ether oxygens (including phenoxy) is 1. The van der Waals surface area contributed by atoms with Gasteiger partial charge in [-0.1, -0.05) is 104 Å². The van der Waals surface area contributed by atoms with Crippen LogP contribution in [0.2, 0.25) is 0 Å². The van der Waals surface area contributed by atoms with Crippen molar-refractivity contribution < 1.29 is 9.84 Å². The summed E-state index contributed by atoms with van der Waals surface area (Å²) in [6.45, 7) is 3.35. The number of hydrogen-bond acceptors (Lipinski definition) is 3. The van der Waals surface area contributed by atoms with E-state index in [4.69, 9.17) is 4.74 Å². The van der Waals surface area contributed by atoms with Gasteiger partial charge in [0.2, 0.25) is 0 Å². The van der Waals surface area contributed by atoms with Gasteiger partial charge in [0.15, 0.2) is 0 Å². The largest absolute Gasteiger partial charge is 0.380 e. The van der Waals surface area contributed by atoms with Crippen molar-refractivity contribution in [1.29, 1.82) is 0 Å². The van der Waals surface area contributed by atoms with Gasteiger partial charge in [-0.05, 0) is 55.5 Å². The maximum absolute atomic E-state index is 12.5. The first kappa shape index (κ1) is 23.7. The maximum Gasteiger partial charge on any atom is 0.120 e. The maximum atomic E-state index is 12.5. The van der Waals surface area contributed by atoms with Crippen LogP contribution in [-0.2, 0) is 16.9 Å². The molecule has 1 aliphatic heterocycles. The van der Waals surface area contributed by atoms with Crippen molar-refractivity contribution in [3.05, 3.63) is 108 Å². The van der Waals surface area contributed by atoms with E-state index in [0.717, 1.165) is 69.3 Å². The molecule has 1 saturated heterocycles. The van der Waals surface area contributed by atoms with Gasteiger partial charge in [0.05, 0.1) is 6.61 Å². The lowest BCUT2D eigenvalue weighted by Crippen LogP contribution is -2.52. The Morgan fingerprint density at radius 1 is 0.727 bits per heavy atom. The molecule has 0 saturated carbocycles. The second-order valence-corrected chi connectivity index (χ2v) is 9.32. The third kappa shape index (κ3) is 5.55. The molecule has 0 unspecified atom stereocenters. The molecule has 174 valence electrons. The lowest BCUT2D eigenvalue weighted by molar-refractivity contribution is -0.0822. The minimum Gasteiger partial charge on any atom is -0.380 e. The summed E-state index contributed by atoms with van der Waals surface area (Å²) < 4.78 is 5.88. The summed E-state index contributed by atoms with van der Waals surface area (Å²) in [6.07, 6.45) is 6.21. The predicted molar refractivity (Wildman–Crippen MR) is 135 cm³/mol. The zero-order valence-electron chi connectivity index (χ0n) is 19.6. The molecule has 0 radical (unpaired) electrons. The highest BCUT2D eigenvalue weighted by atomic mass is 16.5.